The van der Waals surface area contributed by atoms with Gasteiger partial charge in [0.15, 0.2) is 0 Å². The van der Waals surface area contributed by atoms with E-state index in [1.165, 1.54) is 0 Å². The summed E-state index contributed by atoms with van der Waals surface area (Å²) in [6.07, 6.45) is 8.56. The number of hydrogen-bond acceptors (Lipinski definition) is 6. The van der Waals surface area contributed by atoms with Gasteiger partial charge in [0.1, 0.15) is 23.8 Å². The lowest BCUT2D eigenvalue weighted by atomic mass is 10.2. The van der Waals surface area contributed by atoms with E-state index in [9.17, 15) is 4.79 Å². The molecular weight excluding hydrogens is 410 g/mol. The average molecular weight is 428 g/mol. The number of amides is 1. The molecule has 0 N–H and O–H groups in total. The van der Waals surface area contributed by atoms with E-state index in [4.69, 9.17) is 0 Å². The zero-order valence-corrected chi connectivity index (χ0v) is 16.4. The van der Waals surface area contributed by atoms with Crippen molar-refractivity contribution in [3.8, 4) is 5.82 Å². The lowest BCUT2D eigenvalue weighted by Gasteiger charge is -2.35. The number of pyridine rings is 1. The standard InChI is InChI=1S/C18H18BrN7O/c1-13-22-16(9-17(23-13)26-3-2-20-12-26)24-4-6-25(7-5-24)18(27)14-8-15(19)11-21-10-14/h2-3,8-12H,4-7H2,1H3. The average Bonchev–Trinajstić information content (AvgIpc) is 3.22. The smallest absolute Gasteiger partial charge is 0.255 e. The number of imidazole rings is 1. The molecule has 0 atom stereocenters. The first-order valence-corrected chi connectivity index (χ1v) is 9.38. The van der Waals surface area contributed by atoms with Crippen molar-refractivity contribution in [3.05, 3.63) is 59.1 Å². The van der Waals surface area contributed by atoms with Gasteiger partial charge in [-0.25, -0.2) is 15.0 Å². The van der Waals surface area contributed by atoms with Crippen LogP contribution < -0.4 is 4.90 Å². The van der Waals surface area contributed by atoms with Crippen molar-refractivity contribution >= 4 is 27.7 Å². The third-order valence-electron chi connectivity index (χ3n) is 4.42. The minimum absolute atomic E-state index is 0.00132. The van der Waals surface area contributed by atoms with Crippen LogP contribution in [0.25, 0.3) is 5.82 Å². The Hall–Kier alpha value is -2.81. The van der Waals surface area contributed by atoms with Crippen LogP contribution in [-0.4, -0.2) is 61.5 Å². The molecule has 0 aromatic carbocycles. The number of carbonyl (C=O) groups is 1. The Kier molecular flexibility index (Phi) is 4.85. The maximum absolute atomic E-state index is 12.7. The van der Waals surface area contributed by atoms with Crippen molar-refractivity contribution < 1.29 is 4.79 Å². The Balaban J connectivity index is 1.47. The Morgan fingerprint density at radius 2 is 1.81 bits per heavy atom. The summed E-state index contributed by atoms with van der Waals surface area (Å²) in [5.74, 6) is 2.35. The summed E-state index contributed by atoms with van der Waals surface area (Å²) >= 11 is 3.36. The molecule has 0 unspecified atom stereocenters. The SMILES string of the molecule is Cc1nc(N2CCN(C(=O)c3cncc(Br)c3)CC2)cc(-n2ccnc2)n1. The van der Waals surface area contributed by atoms with Crippen LogP contribution in [0.5, 0.6) is 0 Å². The van der Waals surface area contributed by atoms with Gasteiger partial charge in [0.2, 0.25) is 0 Å². The topological polar surface area (TPSA) is 80.0 Å². The van der Waals surface area contributed by atoms with Gasteiger partial charge in [-0.05, 0) is 28.9 Å². The van der Waals surface area contributed by atoms with Crippen LogP contribution in [-0.2, 0) is 0 Å². The molecule has 0 spiro atoms. The van der Waals surface area contributed by atoms with E-state index in [0.717, 1.165) is 16.1 Å². The van der Waals surface area contributed by atoms with E-state index in [0.29, 0.717) is 37.6 Å². The summed E-state index contributed by atoms with van der Waals surface area (Å²) in [5.41, 5.74) is 0.595. The van der Waals surface area contributed by atoms with Crippen LogP contribution in [0.2, 0.25) is 0 Å². The highest BCUT2D eigenvalue weighted by Crippen LogP contribution is 2.19. The second kappa shape index (κ2) is 7.43. The fourth-order valence-corrected chi connectivity index (χ4v) is 3.44. The molecule has 0 bridgehead atoms. The third-order valence-corrected chi connectivity index (χ3v) is 4.86. The third kappa shape index (κ3) is 3.82. The van der Waals surface area contributed by atoms with Crippen LogP contribution in [0.3, 0.4) is 0 Å². The molecule has 8 nitrogen and oxygen atoms in total. The highest BCUT2D eigenvalue weighted by atomic mass is 79.9. The Morgan fingerprint density at radius 1 is 1.04 bits per heavy atom. The predicted octanol–water partition coefficient (Wildman–Crippen LogP) is 2.09. The maximum atomic E-state index is 12.7. The monoisotopic (exact) mass is 427 g/mol. The van der Waals surface area contributed by atoms with Crippen molar-refractivity contribution in [3.63, 3.8) is 0 Å². The van der Waals surface area contributed by atoms with Gasteiger partial charge in [-0.2, -0.15) is 0 Å². The lowest BCUT2D eigenvalue weighted by molar-refractivity contribution is 0.0746. The molecule has 0 radical (unpaired) electrons. The number of piperazine rings is 1. The predicted molar refractivity (Wildman–Crippen MR) is 104 cm³/mol. The molecule has 1 aliphatic rings. The first-order chi connectivity index (χ1) is 13.1. The number of carbonyl (C=O) groups excluding carboxylic acids is 1. The number of anilines is 1. The second-order valence-corrected chi connectivity index (χ2v) is 7.19. The molecule has 3 aromatic rings. The zero-order chi connectivity index (χ0) is 18.8. The van der Waals surface area contributed by atoms with E-state index in [1.54, 1.807) is 31.0 Å². The summed E-state index contributed by atoms with van der Waals surface area (Å²) < 4.78 is 2.66. The zero-order valence-electron chi connectivity index (χ0n) is 14.8. The molecule has 0 saturated carbocycles. The van der Waals surface area contributed by atoms with Crippen LogP contribution in [0.1, 0.15) is 16.2 Å². The molecule has 27 heavy (non-hydrogen) atoms. The summed E-state index contributed by atoms with van der Waals surface area (Å²) in [6.45, 7) is 4.58. The molecule has 1 aliphatic heterocycles. The first-order valence-electron chi connectivity index (χ1n) is 8.59. The minimum Gasteiger partial charge on any atom is -0.353 e. The van der Waals surface area contributed by atoms with Crippen LogP contribution >= 0.6 is 15.9 Å². The van der Waals surface area contributed by atoms with Crippen molar-refractivity contribution in [2.24, 2.45) is 0 Å². The molecular formula is C18H18BrN7O. The Labute approximate surface area is 165 Å². The van der Waals surface area contributed by atoms with Gasteiger partial charge in [-0.3, -0.25) is 14.3 Å². The number of hydrogen-bond donors (Lipinski definition) is 0. The van der Waals surface area contributed by atoms with Crippen LogP contribution in [0.4, 0.5) is 5.82 Å². The van der Waals surface area contributed by atoms with Crippen LogP contribution in [0, 0.1) is 6.92 Å². The van der Waals surface area contributed by atoms with Gasteiger partial charge >= 0.3 is 0 Å². The lowest BCUT2D eigenvalue weighted by Crippen LogP contribution is -2.49. The van der Waals surface area contributed by atoms with Gasteiger partial charge in [-0.1, -0.05) is 0 Å². The summed E-state index contributed by atoms with van der Waals surface area (Å²) in [5, 5.41) is 0. The number of halogens is 1. The minimum atomic E-state index is 0.00132. The Bertz CT molecular complexity index is 952. The Morgan fingerprint density at radius 3 is 2.52 bits per heavy atom. The van der Waals surface area contributed by atoms with Gasteiger partial charge in [0.25, 0.3) is 5.91 Å². The second-order valence-electron chi connectivity index (χ2n) is 6.27. The molecule has 1 fully saturated rings. The van der Waals surface area contributed by atoms with E-state index in [1.807, 2.05) is 28.7 Å². The first kappa shape index (κ1) is 17.6. The summed E-state index contributed by atoms with van der Waals surface area (Å²) in [4.78, 5) is 33.9. The molecule has 9 heteroatoms. The largest absolute Gasteiger partial charge is 0.353 e. The fraction of sp³-hybridized carbons (Fsp3) is 0.278. The quantitative estimate of drug-likeness (QED) is 0.636. The molecule has 1 saturated heterocycles. The number of aryl methyl sites for hydroxylation is 1. The molecule has 3 aromatic heterocycles. The number of rotatable bonds is 3. The number of nitrogens with zero attached hydrogens (tertiary/aromatic N) is 7. The molecule has 4 heterocycles. The normalized spacial score (nSPS) is 14.4. The molecule has 138 valence electrons. The van der Waals surface area contributed by atoms with Crippen molar-refractivity contribution in [1.29, 1.82) is 0 Å². The molecule has 1 amide bonds. The van der Waals surface area contributed by atoms with Crippen LogP contribution in [0.15, 0.2) is 47.7 Å². The summed E-state index contributed by atoms with van der Waals surface area (Å²) in [6, 6.07) is 3.75. The van der Waals surface area contributed by atoms with E-state index in [-0.39, 0.29) is 5.91 Å². The molecule has 4 rings (SSSR count). The van der Waals surface area contributed by atoms with E-state index in [2.05, 4.69) is 40.8 Å². The van der Waals surface area contributed by atoms with Crippen molar-refractivity contribution in [2.45, 2.75) is 6.92 Å². The maximum Gasteiger partial charge on any atom is 0.255 e. The molecule has 0 aliphatic carbocycles. The number of aromatic nitrogens is 5. The van der Waals surface area contributed by atoms with Gasteiger partial charge < -0.3 is 9.80 Å². The van der Waals surface area contributed by atoms with Crippen molar-refractivity contribution in [2.75, 3.05) is 31.1 Å². The highest BCUT2D eigenvalue weighted by molar-refractivity contribution is 9.10. The highest BCUT2D eigenvalue weighted by Gasteiger charge is 2.23. The van der Waals surface area contributed by atoms with E-state index >= 15 is 0 Å². The van der Waals surface area contributed by atoms with Gasteiger partial charge in [0.05, 0.1) is 5.56 Å². The van der Waals surface area contributed by atoms with Gasteiger partial charge in [0, 0.05) is 61.5 Å². The summed E-state index contributed by atoms with van der Waals surface area (Å²) in [7, 11) is 0. The van der Waals surface area contributed by atoms with E-state index < -0.39 is 0 Å². The van der Waals surface area contributed by atoms with Crippen molar-refractivity contribution in [1.82, 2.24) is 29.4 Å². The fourth-order valence-electron chi connectivity index (χ4n) is 3.08. The van der Waals surface area contributed by atoms with Gasteiger partial charge in [-0.15, -0.1) is 0 Å².